The number of halogens is 1. The Balaban J connectivity index is 1.77. The highest BCUT2D eigenvalue weighted by Gasteiger charge is 2.69. The molecule has 8 heteroatoms. The third-order valence-electron chi connectivity index (χ3n) is 6.39. The van der Waals surface area contributed by atoms with Gasteiger partial charge in [-0.25, -0.2) is 12.8 Å². The normalized spacial score (nSPS) is 20.9. The van der Waals surface area contributed by atoms with E-state index < -0.39 is 38.1 Å². The number of hydrogen-bond acceptors (Lipinski definition) is 4. The molecule has 174 valence electrons. The van der Waals surface area contributed by atoms with Gasteiger partial charge in [0.2, 0.25) is 5.91 Å². The predicted octanol–water partition coefficient (Wildman–Crippen LogP) is 3.91. The fraction of sp³-hybridized carbons (Fsp3) is 0.231. The van der Waals surface area contributed by atoms with Crippen LogP contribution in [0.4, 0.5) is 15.8 Å². The molecule has 2 aliphatic heterocycles. The molecule has 2 aliphatic rings. The van der Waals surface area contributed by atoms with Crippen molar-refractivity contribution in [3.05, 3.63) is 94.3 Å². The lowest BCUT2D eigenvalue weighted by molar-refractivity contribution is -0.123. The molecule has 0 radical (unpaired) electrons. The third kappa shape index (κ3) is 3.09. The minimum Gasteiger partial charge on any atom is -0.304 e. The Labute approximate surface area is 197 Å². The first-order valence-corrected chi connectivity index (χ1v) is 12.5. The van der Waals surface area contributed by atoms with Gasteiger partial charge in [-0.2, -0.15) is 0 Å². The Morgan fingerprint density at radius 2 is 1.53 bits per heavy atom. The van der Waals surface area contributed by atoms with Gasteiger partial charge in [0.1, 0.15) is 11.6 Å². The first-order valence-electron chi connectivity index (χ1n) is 10.9. The number of hydrogen-bond donors (Lipinski definition) is 0. The minimum atomic E-state index is -4.24. The molecule has 0 aromatic heterocycles. The standard InChI is InChI=1S/C26H23FN2O4S/c1-16-4-9-23-22(13-16)26(25(31)28(23)14-19-5-7-20(27)8-6-19)29(24(30)15-34(26,32)33)21-11-17(2)10-18(3)12-21/h4-13H,14-15H2,1-3H3/t26-/m0/s1. The number of benzene rings is 3. The van der Waals surface area contributed by atoms with E-state index in [4.69, 9.17) is 0 Å². The van der Waals surface area contributed by atoms with E-state index in [1.807, 2.05) is 26.8 Å². The van der Waals surface area contributed by atoms with Crippen LogP contribution in [0.3, 0.4) is 0 Å². The summed E-state index contributed by atoms with van der Waals surface area (Å²) < 4.78 is 40.9. The molecule has 3 aromatic carbocycles. The summed E-state index contributed by atoms with van der Waals surface area (Å²) in [7, 11) is -4.24. The highest BCUT2D eigenvalue weighted by atomic mass is 32.2. The number of carbonyl (C=O) groups is 2. The number of amides is 2. The second-order valence-corrected chi connectivity index (χ2v) is 11.1. The summed E-state index contributed by atoms with van der Waals surface area (Å²) in [5.41, 5.74) is 4.16. The average Bonchev–Trinajstić information content (AvgIpc) is 3.11. The van der Waals surface area contributed by atoms with Crippen LogP contribution >= 0.6 is 0 Å². The van der Waals surface area contributed by atoms with Crippen molar-refractivity contribution in [2.75, 3.05) is 15.6 Å². The molecule has 0 aliphatic carbocycles. The van der Waals surface area contributed by atoms with E-state index in [0.29, 0.717) is 16.9 Å². The molecular formula is C26H23FN2O4S. The Morgan fingerprint density at radius 1 is 0.882 bits per heavy atom. The van der Waals surface area contributed by atoms with Crippen molar-refractivity contribution in [2.45, 2.75) is 32.2 Å². The first kappa shape index (κ1) is 22.3. The van der Waals surface area contributed by atoms with Crippen LogP contribution in [-0.2, 0) is 30.8 Å². The van der Waals surface area contributed by atoms with Gasteiger partial charge in [-0.1, -0.05) is 29.8 Å². The lowest BCUT2D eigenvalue weighted by Crippen LogP contribution is -2.54. The molecule has 1 saturated heterocycles. The van der Waals surface area contributed by atoms with E-state index in [1.54, 1.807) is 42.5 Å². The second kappa shape index (κ2) is 7.50. The van der Waals surface area contributed by atoms with E-state index in [0.717, 1.165) is 21.6 Å². The molecule has 1 atom stereocenters. The molecule has 1 fully saturated rings. The van der Waals surface area contributed by atoms with Crippen LogP contribution in [0.1, 0.15) is 27.8 Å². The Morgan fingerprint density at radius 3 is 2.18 bits per heavy atom. The minimum absolute atomic E-state index is 0.0430. The summed E-state index contributed by atoms with van der Waals surface area (Å²) in [6.45, 7) is 5.56. The van der Waals surface area contributed by atoms with Gasteiger partial charge in [-0.3, -0.25) is 14.5 Å². The molecule has 0 bridgehead atoms. The SMILES string of the molecule is Cc1cc(C)cc(N2C(=O)CS(=O)(=O)[C@@]23C(=O)N(Cc2ccc(F)cc2)c2ccc(C)cc23)c1. The van der Waals surface area contributed by atoms with Gasteiger partial charge in [0.05, 0.1) is 12.2 Å². The molecule has 5 rings (SSSR count). The van der Waals surface area contributed by atoms with E-state index >= 15 is 0 Å². The van der Waals surface area contributed by atoms with Gasteiger partial charge in [0.25, 0.3) is 10.8 Å². The maximum Gasteiger partial charge on any atom is 0.274 e. The molecule has 1 spiro atoms. The second-order valence-electron chi connectivity index (χ2n) is 9.02. The van der Waals surface area contributed by atoms with Crippen molar-refractivity contribution in [1.82, 2.24) is 0 Å². The lowest BCUT2D eigenvalue weighted by Gasteiger charge is -2.33. The molecule has 34 heavy (non-hydrogen) atoms. The number of rotatable bonds is 3. The monoisotopic (exact) mass is 478 g/mol. The fourth-order valence-electron chi connectivity index (χ4n) is 5.06. The number of anilines is 2. The third-order valence-corrected chi connectivity index (χ3v) is 8.49. The zero-order valence-electron chi connectivity index (χ0n) is 19.0. The lowest BCUT2D eigenvalue weighted by atomic mass is 10.0. The van der Waals surface area contributed by atoms with Crippen molar-refractivity contribution < 1.29 is 22.4 Å². The molecule has 6 nitrogen and oxygen atoms in total. The van der Waals surface area contributed by atoms with Gasteiger partial charge in [-0.05, 0) is 73.9 Å². The van der Waals surface area contributed by atoms with Crippen LogP contribution in [0, 0.1) is 26.6 Å². The van der Waals surface area contributed by atoms with Gasteiger partial charge in [0.15, 0.2) is 9.84 Å². The van der Waals surface area contributed by atoms with Crippen LogP contribution in [0.2, 0.25) is 0 Å². The number of nitrogens with zero attached hydrogens (tertiary/aromatic N) is 2. The van der Waals surface area contributed by atoms with Gasteiger partial charge >= 0.3 is 0 Å². The van der Waals surface area contributed by atoms with Gasteiger partial charge < -0.3 is 4.90 Å². The molecule has 2 amide bonds. The van der Waals surface area contributed by atoms with E-state index in [2.05, 4.69) is 0 Å². The highest BCUT2D eigenvalue weighted by Crippen LogP contribution is 2.53. The predicted molar refractivity (Wildman–Crippen MR) is 128 cm³/mol. The highest BCUT2D eigenvalue weighted by molar-refractivity contribution is 7.94. The summed E-state index contributed by atoms with van der Waals surface area (Å²) in [5.74, 6) is -2.52. The summed E-state index contributed by atoms with van der Waals surface area (Å²) in [6, 6.07) is 16.2. The Kier molecular flexibility index (Phi) is 4.91. The van der Waals surface area contributed by atoms with E-state index in [9.17, 15) is 22.4 Å². The van der Waals surface area contributed by atoms with Gasteiger partial charge in [0, 0.05) is 11.3 Å². The largest absolute Gasteiger partial charge is 0.304 e. The molecule has 0 unspecified atom stereocenters. The smallest absolute Gasteiger partial charge is 0.274 e. The van der Waals surface area contributed by atoms with Crippen molar-refractivity contribution in [1.29, 1.82) is 0 Å². The van der Waals surface area contributed by atoms with Crippen molar-refractivity contribution in [2.24, 2.45) is 0 Å². The molecule has 0 saturated carbocycles. The summed E-state index contributed by atoms with van der Waals surface area (Å²) in [4.78, 5) is 27.8. The average molecular weight is 479 g/mol. The number of sulfone groups is 1. The fourth-order valence-corrected chi connectivity index (χ4v) is 7.09. The molecular weight excluding hydrogens is 455 g/mol. The van der Waals surface area contributed by atoms with Crippen LogP contribution in [-0.4, -0.2) is 26.0 Å². The van der Waals surface area contributed by atoms with E-state index in [-0.39, 0.29) is 12.1 Å². The quantitative estimate of drug-likeness (QED) is 0.572. The van der Waals surface area contributed by atoms with Crippen molar-refractivity contribution >= 4 is 33.0 Å². The summed E-state index contributed by atoms with van der Waals surface area (Å²) in [5, 5.41) is 0. The van der Waals surface area contributed by atoms with Crippen LogP contribution in [0.25, 0.3) is 0 Å². The Bertz CT molecular complexity index is 1450. The zero-order valence-corrected chi connectivity index (χ0v) is 19.8. The zero-order chi connectivity index (χ0) is 24.4. The van der Waals surface area contributed by atoms with Crippen molar-refractivity contribution in [3.8, 4) is 0 Å². The molecule has 2 heterocycles. The summed E-state index contributed by atoms with van der Waals surface area (Å²) in [6.07, 6.45) is 0. The number of carbonyl (C=O) groups excluding carboxylic acids is 2. The van der Waals surface area contributed by atoms with Crippen LogP contribution in [0.5, 0.6) is 0 Å². The van der Waals surface area contributed by atoms with Crippen LogP contribution < -0.4 is 9.80 Å². The first-order chi connectivity index (χ1) is 16.0. The van der Waals surface area contributed by atoms with E-state index in [1.165, 1.54) is 17.0 Å². The van der Waals surface area contributed by atoms with Gasteiger partial charge in [-0.15, -0.1) is 0 Å². The number of aryl methyl sites for hydroxylation is 3. The van der Waals surface area contributed by atoms with Crippen molar-refractivity contribution in [3.63, 3.8) is 0 Å². The maximum atomic E-state index is 14.2. The Hall–Kier alpha value is -3.52. The number of fused-ring (bicyclic) bond motifs is 2. The maximum absolute atomic E-state index is 14.2. The topological polar surface area (TPSA) is 74.8 Å². The van der Waals surface area contributed by atoms with Crippen LogP contribution in [0.15, 0.2) is 60.7 Å². The molecule has 3 aromatic rings. The molecule has 0 N–H and O–H groups in total. The summed E-state index contributed by atoms with van der Waals surface area (Å²) >= 11 is 0.